The number of morpholine rings is 1. The van der Waals surface area contributed by atoms with E-state index in [9.17, 15) is 4.79 Å². The predicted octanol–water partition coefficient (Wildman–Crippen LogP) is 0.153. The molecule has 0 saturated carbocycles. The van der Waals surface area contributed by atoms with Crippen molar-refractivity contribution in [1.82, 2.24) is 10.2 Å². The summed E-state index contributed by atoms with van der Waals surface area (Å²) >= 11 is 0. The number of allylic oxidation sites excluding steroid dienone is 2. The zero-order valence-electron chi connectivity index (χ0n) is 9.16. The van der Waals surface area contributed by atoms with Crippen molar-refractivity contribution >= 4 is 5.78 Å². The van der Waals surface area contributed by atoms with Crippen molar-refractivity contribution in [1.29, 1.82) is 0 Å². The molecule has 2 rings (SSSR count). The van der Waals surface area contributed by atoms with Gasteiger partial charge in [0.25, 0.3) is 0 Å². The van der Waals surface area contributed by atoms with Gasteiger partial charge in [-0.05, 0) is 13.5 Å². The van der Waals surface area contributed by atoms with Crippen LogP contribution in [0.15, 0.2) is 11.8 Å². The lowest BCUT2D eigenvalue weighted by Gasteiger charge is -2.30. The first-order chi connectivity index (χ1) is 7.24. The maximum absolute atomic E-state index is 11.0. The summed E-state index contributed by atoms with van der Waals surface area (Å²) in [5, 5.41) is 3.29. The highest BCUT2D eigenvalue weighted by molar-refractivity contribution is 5.92. The number of likely N-dealkylation sites (N-methyl/N-ethyl adjacent to an activating group) is 1. The molecule has 2 aliphatic rings. The molecule has 1 atom stereocenters. The van der Waals surface area contributed by atoms with Crippen LogP contribution in [-0.2, 0) is 9.53 Å². The lowest BCUT2D eigenvalue weighted by molar-refractivity contribution is -0.114. The Labute approximate surface area is 90.3 Å². The lowest BCUT2D eigenvalue weighted by Crippen LogP contribution is -2.44. The zero-order valence-corrected chi connectivity index (χ0v) is 9.16. The second-order valence-electron chi connectivity index (χ2n) is 4.27. The number of carbonyl (C=O) groups is 1. The van der Waals surface area contributed by atoms with Crippen molar-refractivity contribution in [2.45, 2.75) is 18.9 Å². The topological polar surface area (TPSA) is 41.6 Å². The first-order valence-electron chi connectivity index (χ1n) is 5.51. The van der Waals surface area contributed by atoms with Crippen molar-refractivity contribution in [2.75, 3.05) is 33.3 Å². The van der Waals surface area contributed by atoms with Gasteiger partial charge < -0.3 is 15.0 Å². The normalized spacial score (nSPS) is 27.9. The molecular formula is C11H18N2O2. The Bertz CT molecular complexity index is 276. The number of ether oxygens (including phenoxy) is 1. The highest BCUT2D eigenvalue weighted by atomic mass is 16.5. The quantitative estimate of drug-likeness (QED) is 0.720. The van der Waals surface area contributed by atoms with Gasteiger partial charge in [-0.15, -0.1) is 0 Å². The third-order valence-electron chi connectivity index (χ3n) is 2.87. The summed E-state index contributed by atoms with van der Waals surface area (Å²) < 4.78 is 5.62. The first kappa shape index (κ1) is 10.6. The van der Waals surface area contributed by atoms with Gasteiger partial charge in [0.2, 0.25) is 0 Å². The van der Waals surface area contributed by atoms with E-state index in [4.69, 9.17) is 4.74 Å². The summed E-state index contributed by atoms with van der Waals surface area (Å²) in [4.78, 5) is 13.3. The van der Waals surface area contributed by atoms with E-state index in [0.717, 1.165) is 38.4 Å². The van der Waals surface area contributed by atoms with Crippen molar-refractivity contribution in [3.63, 3.8) is 0 Å². The Kier molecular flexibility index (Phi) is 3.38. The fourth-order valence-corrected chi connectivity index (χ4v) is 1.97. The second-order valence-corrected chi connectivity index (χ2v) is 4.27. The minimum absolute atomic E-state index is 0.235. The van der Waals surface area contributed by atoms with Crippen LogP contribution >= 0.6 is 0 Å². The van der Waals surface area contributed by atoms with Gasteiger partial charge in [0.1, 0.15) is 0 Å². The van der Waals surface area contributed by atoms with Crippen molar-refractivity contribution in [2.24, 2.45) is 0 Å². The number of carbonyl (C=O) groups excluding carboxylic acids is 1. The number of hydrogen-bond donors (Lipinski definition) is 1. The van der Waals surface area contributed by atoms with Gasteiger partial charge in [0, 0.05) is 37.8 Å². The summed E-state index contributed by atoms with van der Waals surface area (Å²) in [6, 6.07) is 0. The molecule has 1 fully saturated rings. The van der Waals surface area contributed by atoms with E-state index in [0.29, 0.717) is 6.42 Å². The predicted molar refractivity (Wildman–Crippen MR) is 57.6 cm³/mol. The van der Waals surface area contributed by atoms with Gasteiger partial charge in [-0.1, -0.05) is 0 Å². The molecule has 0 spiro atoms. The van der Waals surface area contributed by atoms with Gasteiger partial charge in [0.15, 0.2) is 5.78 Å². The average molecular weight is 210 g/mol. The highest BCUT2D eigenvalue weighted by Crippen LogP contribution is 2.12. The van der Waals surface area contributed by atoms with Crippen LogP contribution in [0.25, 0.3) is 0 Å². The molecule has 0 amide bonds. The van der Waals surface area contributed by atoms with Crippen molar-refractivity contribution in [3.05, 3.63) is 11.8 Å². The smallest absolute Gasteiger partial charge is 0.157 e. The second kappa shape index (κ2) is 4.77. The number of ketones is 1. The van der Waals surface area contributed by atoms with Crippen LogP contribution < -0.4 is 5.32 Å². The Balaban J connectivity index is 1.73. The standard InChI is InChI=1S/C11H18N2O2/c1-13-4-5-15-11(8-13)7-12-9-2-3-10(14)6-9/h6,11-12H,2-5,7-8H2,1H3. The minimum atomic E-state index is 0.235. The SMILES string of the molecule is CN1CCOC(CNC2=CC(=O)CC2)C1. The molecule has 15 heavy (non-hydrogen) atoms. The molecule has 1 aliphatic carbocycles. The lowest BCUT2D eigenvalue weighted by atomic mass is 10.2. The average Bonchev–Trinajstić information content (AvgIpc) is 2.62. The molecule has 1 unspecified atom stereocenters. The fraction of sp³-hybridized carbons (Fsp3) is 0.727. The van der Waals surface area contributed by atoms with Crippen LogP contribution in [0, 0.1) is 0 Å². The Morgan fingerprint density at radius 2 is 2.47 bits per heavy atom. The molecule has 0 aromatic carbocycles. The molecule has 0 bridgehead atoms. The molecule has 0 aromatic rings. The molecule has 4 nitrogen and oxygen atoms in total. The van der Waals surface area contributed by atoms with Gasteiger partial charge in [-0.25, -0.2) is 0 Å². The van der Waals surface area contributed by atoms with E-state index >= 15 is 0 Å². The molecule has 0 aromatic heterocycles. The summed E-state index contributed by atoms with van der Waals surface area (Å²) in [6.45, 7) is 3.59. The maximum Gasteiger partial charge on any atom is 0.157 e. The van der Waals surface area contributed by atoms with E-state index < -0.39 is 0 Å². The molecule has 0 radical (unpaired) electrons. The van der Waals surface area contributed by atoms with Gasteiger partial charge >= 0.3 is 0 Å². The third-order valence-corrected chi connectivity index (χ3v) is 2.87. The molecule has 1 aliphatic heterocycles. The molecule has 1 saturated heterocycles. The molecule has 1 N–H and O–H groups in total. The molecule has 1 heterocycles. The Hall–Kier alpha value is -0.870. The van der Waals surface area contributed by atoms with Crippen LogP contribution in [0.2, 0.25) is 0 Å². The summed E-state index contributed by atoms with van der Waals surface area (Å²) in [5.74, 6) is 0.235. The van der Waals surface area contributed by atoms with E-state index in [1.807, 2.05) is 0 Å². The van der Waals surface area contributed by atoms with Crippen molar-refractivity contribution in [3.8, 4) is 0 Å². The Morgan fingerprint density at radius 1 is 1.60 bits per heavy atom. The van der Waals surface area contributed by atoms with Crippen LogP contribution in [-0.4, -0.2) is 50.1 Å². The number of nitrogens with one attached hydrogen (secondary N) is 1. The highest BCUT2D eigenvalue weighted by Gasteiger charge is 2.18. The Morgan fingerprint density at radius 3 is 3.13 bits per heavy atom. The first-order valence-corrected chi connectivity index (χ1v) is 5.51. The largest absolute Gasteiger partial charge is 0.386 e. The zero-order chi connectivity index (χ0) is 10.7. The summed E-state index contributed by atoms with van der Waals surface area (Å²) in [5.41, 5.74) is 1.07. The molecule has 4 heteroatoms. The van der Waals surface area contributed by atoms with Crippen LogP contribution in [0.3, 0.4) is 0 Å². The van der Waals surface area contributed by atoms with Gasteiger partial charge in [-0.2, -0.15) is 0 Å². The monoisotopic (exact) mass is 210 g/mol. The fourth-order valence-electron chi connectivity index (χ4n) is 1.97. The van der Waals surface area contributed by atoms with Crippen molar-refractivity contribution < 1.29 is 9.53 Å². The van der Waals surface area contributed by atoms with Gasteiger partial charge in [-0.3, -0.25) is 4.79 Å². The number of nitrogens with zero attached hydrogens (tertiary/aromatic N) is 1. The third kappa shape index (κ3) is 3.04. The number of rotatable bonds is 3. The van der Waals surface area contributed by atoms with Gasteiger partial charge in [0.05, 0.1) is 12.7 Å². The molecular weight excluding hydrogens is 192 g/mol. The van der Waals surface area contributed by atoms with Crippen LogP contribution in [0.4, 0.5) is 0 Å². The van der Waals surface area contributed by atoms with E-state index in [1.54, 1.807) is 6.08 Å². The van der Waals surface area contributed by atoms with Crippen LogP contribution in [0.5, 0.6) is 0 Å². The summed E-state index contributed by atoms with van der Waals surface area (Å²) in [6.07, 6.45) is 3.49. The van der Waals surface area contributed by atoms with Crippen LogP contribution in [0.1, 0.15) is 12.8 Å². The maximum atomic E-state index is 11.0. The van der Waals surface area contributed by atoms with E-state index in [-0.39, 0.29) is 11.9 Å². The molecule has 84 valence electrons. The minimum Gasteiger partial charge on any atom is -0.386 e. The summed E-state index contributed by atoms with van der Waals surface area (Å²) in [7, 11) is 2.11. The number of hydrogen-bond acceptors (Lipinski definition) is 4. The van der Waals surface area contributed by atoms with E-state index in [1.165, 1.54) is 0 Å². The van der Waals surface area contributed by atoms with E-state index in [2.05, 4.69) is 17.3 Å².